The number of benzene rings is 8. The van der Waals surface area contributed by atoms with E-state index in [9.17, 15) is 5.26 Å². The molecule has 3 heterocycles. The number of rotatable bonds is 7. The Labute approximate surface area is 352 Å². The Hall–Kier alpha value is -8.71. The van der Waals surface area contributed by atoms with Crippen molar-refractivity contribution in [2.24, 2.45) is 0 Å². The van der Waals surface area contributed by atoms with Crippen molar-refractivity contribution in [2.45, 2.75) is 0 Å². The Kier molecular flexibility index (Phi) is 8.48. The minimum absolute atomic E-state index is 0.556. The molecule has 0 amide bonds. The van der Waals surface area contributed by atoms with Crippen LogP contribution in [0.15, 0.2) is 206 Å². The summed E-state index contributed by atoms with van der Waals surface area (Å²) in [5, 5.41) is 14.3. The Morgan fingerprint density at radius 1 is 0.426 bits per heavy atom. The van der Waals surface area contributed by atoms with Gasteiger partial charge in [-0.2, -0.15) is 5.26 Å². The van der Waals surface area contributed by atoms with Crippen LogP contribution in [-0.2, 0) is 0 Å². The second-order valence-electron chi connectivity index (χ2n) is 15.1. The Balaban J connectivity index is 1.24. The van der Waals surface area contributed by atoms with Gasteiger partial charge in [-0.15, -0.1) is 0 Å². The summed E-state index contributed by atoms with van der Waals surface area (Å²) in [7, 11) is 0. The van der Waals surface area contributed by atoms with E-state index < -0.39 is 0 Å². The smallest absolute Gasteiger partial charge is 0.187 e. The number of fused-ring (bicyclic) bond motifs is 6. The SMILES string of the molecule is [C-]#[N+]c1ccc(N(c2ccc(C#N)cc2)c2cc(-n3c4ccccc4c4ccccc43)nc(-n3c4ccc(-c5ccccc5)cc4c4cc(-c5ccccc5)ccc43)c2)cc1. The van der Waals surface area contributed by atoms with Gasteiger partial charge in [0.05, 0.1) is 46.0 Å². The number of nitriles is 1. The van der Waals surface area contributed by atoms with Gasteiger partial charge in [-0.1, -0.05) is 121 Å². The maximum absolute atomic E-state index is 9.75. The lowest BCUT2D eigenvalue weighted by Crippen LogP contribution is -2.13. The van der Waals surface area contributed by atoms with E-state index in [1.165, 1.54) is 0 Å². The molecule has 0 atom stereocenters. The fraction of sp³-hybridized carbons (Fsp3) is 0. The summed E-state index contributed by atoms with van der Waals surface area (Å²) in [6.07, 6.45) is 0. The zero-order chi connectivity index (χ0) is 40.9. The molecule has 0 bridgehead atoms. The van der Waals surface area contributed by atoms with Crippen molar-refractivity contribution in [3.63, 3.8) is 0 Å². The van der Waals surface area contributed by atoms with Gasteiger partial charge in [0.2, 0.25) is 0 Å². The number of para-hydroxylation sites is 2. The van der Waals surface area contributed by atoms with Gasteiger partial charge >= 0.3 is 0 Å². The standard InChI is InChI=1S/C55H34N6/c1-57-42-24-28-44(29-25-42)59(43-26-20-37(36-56)21-27-43)45-34-54(60-50-18-10-8-16-46(50)47-17-9-11-19-51(47)60)58-55(35-45)61-52-30-22-40(38-12-4-2-5-13-38)32-48(52)49-33-41(23-31-53(49)61)39-14-6-3-7-15-39/h2-35H. The van der Waals surface area contributed by atoms with Gasteiger partial charge in [-0.3, -0.25) is 9.13 Å². The Morgan fingerprint density at radius 3 is 1.34 bits per heavy atom. The van der Waals surface area contributed by atoms with Crippen LogP contribution in [0.25, 0.3) is 82.3 Å². The van der Waals surface area contributed by atoms with Crippen molar-refractivity contribution in [3.8, 4) is 40.0 Å². The summed E-state index contributed by atoms with van der Waals surface area (Å²) in [5.74, 6) is 1.49. The highest BCUT2D eigenvalue weighted by Gasteiger charge is 2.22. The fourth-order valence-electron chi connectivity index (χ4n) is 8.71. The number of anilines is 3. The quantitative estimate of drug-likeness (QED) is 0.151. The van der Waals surface area contributed by atoms with E-state index in [0.29, 0.717) is 11.3 Å². The molecule has 0 aliphatic rings. The highest BCUT2D eigenvalue weighted by molar-refractivity contribution is 6.12. The number of aromatic nitrogens is 3. The monoisotopic (exact) mass is 778 g/mol. The van der Waals surface area contributed by atoms with E-state index in [0.717, 1.165) is 94.6 Å². The van der Waals surface area contributed by atoms with E-state index in [-0.39, 0.29) is 0 Å². The van der Waals surface area contributed by atoms with Crippen LogP contribution in [0.3, 0.4) is 0 Å². The van der Waals surface area contributed by atoms with Gasteiger partial charge < -0.3 is 4.90 Å². The van der Waals surface area contributed by atoms with E-state index in [2.05, 4.69) is 171 Å². The van der Waals surface area contributed by atoms with Crippen LogP contribution in [0, 0.1) is 17.9 Å². The van der Waals surface area contributed by atoms with Crippen molar-refractivity contribution in [1.82, 2.24) is 14.1 Å². The van der Waals surface area contributed by atoms with Crippen molar-refractivity contribution in [2.75, 3.05) is 4.90 Å². The average Bonchev–Trinajstić information content (AvgIpc) is 3.85. The van der Waals surface area contributed by atoms with Gasteiger partial charge in [0, 0.05) is 45.1 Å². The van der Waals surface area contributed by atoms with Crippen LogP contribution in [0.5, 0.6) is 0 Å². The second-order valence-corrected chi connectivity index (χ2v) is 15.1. The lowest BCUT2D eigenvalue weighted by atomic mass is 10.0. The largest absolute Gasteiger partial charge is 0.310 e. The van der Waals surface area contributed by atoms with Crippen LogP contribution in [0.2, 0.25) is 0 Å². The first-order chi connectivity index (χ1) is 30.1. The molecular formula is C55H34N6. The van der Waals surface area contributed by atoms with Crippen molar-refractivity contribution >= 4 is 66.4 Å². The third kappa shape index (κ3) is 6.07. The molecule has 0 fully saturated rings. The summed E-state index contributed by atoms with van der Waals surface area (Å²) in [6.45, 7) is 7.67. The Morgan fingerprint density at radius 2 is 0.869 bits per heavy atom. The molecule has 11 aromatic rings. The molecule has 6 heteroatoms. The first-order valence-corrected chi connectivity index (χ1v) is 20.1. The maximum Gasteiger partial charge on any atom is 0.187 e. The summed E-state index contributed by atoms with van der Waals surface area (Å²) >= 11 is 0. The molecule has 3 aromatic heterocycles. The third-order valence-corrected chi connectivity index (χ3v) is 11.6. The molecule has 284 valence electrons. The first-order valence-electron chi connectivity index (χ1n) is 20.1. The molecule has 0 radical (unpaired) electrons. The predicted molar refractivity (Wildman–Crippen MR) is 249 cm³/mol. The number of pyridine rings is 1. The lowest BCUT2D eigenvalue weighted by molar-refractivity contribution is 1.01. The van der Waals surface area contributed by atoms with Gasteiger partial charge in [0.15, 0.2) is 5.69 Å². The van der Waals surface area contributed by atoms with Crippen molar-refractivity contribution in [3.05, 3.63) is 223 Å². The zero-order valence-electron chi connectivity index (χ0n) is 32.8. The summed E-state index contributed by atoms with van der Waals surface area (Å²) in [4.78, 5) is 11.5. The number of nitrogens with zero attached hydrogens (tertiary/aromatic N) is 6. The molecular weight excluding hydrogens is 745 g/mol. The normalized spacial score (nSPS) is 11.2. The zero-order valence-corrected chi connectivity index (χ0v) is 32.8. The van der Waals surface area contributed by atoms with E-state index >= 15 is 0 Å². The van der Waals surface area contributed by atoms with Crippen LogP contribution in [0.4, 0.5) is 22.7 Å². The maximum atomic E-state index is 9.75. The highest BCUT2D eigenvalue weighted by atomic mass is 15.2. The molecule has 0 aliphatic carbocycles. The minimum atomic E-state index is 0.556. The van der Waals surface area contributed by atoms with Crippen molar-refractivity contribution in [1.29, 1.82) is 5.26 Å². The van der Waals surface area contributed by atoms with Crippen LogP contribution in [0.1, 0.15) is 5.56 Å². The lowest BCUT2D eigenvalue weighted by Gasteiger charge is -2.27. The molecule has 0 saturated carbocycles. The fourth-order valence-corrected chi connectivity index (χ4v) is 8.71. The van der Waals surface area contributed by atoms with Gasteiger partial charge in [-0.25, -0.2) is 9.83 Å². The van der Waals surface area contributed by atoms with E-state index in [1.807, 2.05) is 60.7 Å². The van der Waals surface area contributed by atoms with Crippen LogP contribution in [-0.4, -0.2) is 14.1 Å². The minimum Gasteiger partial charge on any atom is -0.310 e. The number of hydrogen-bond donors (Lipinski definition) is 0. The van der Waals surface area contributed by atoms with Crippen LogP contribution >= 0.6 is 0 Å². The van der Waals surface area contributed by atoms with E-state index in [4.69, 9.17) is 11.6 Å². The molecule has 0 unspecified atom stereocenters. The molecule has 0 aliphatic heterocycles. The molecule has 6 nitrogen and oxygen atoms in total. The molecule has 61 heavy (non-hydrogen) atoms. The van der Waals surface area contributed by atoms with Gasteiger partial charge in [0.25, 0.3) is 0 Å². The predicted octanol–water partition coefficient (Wildman–Crippen LogP) is 14.5. The molecule has 8 aromatic carbocycles. The summed E-state index contributed by atoms with van der Waals surface area (Å²) in [6, 6.07) is 73.3. The summed E-state index contributed by atoms with van der Waals surface area (Å²) < 4.78 is 4.54. The van der Waals surface area contributed by atoms with E-state index in [1.54, 1.807) is 0 Å². The molecule has 0 N–H and O–H groups in total. The van der Waals surface area contributed by atoms with Crippen molar-refractivity contribution < 1.29 is 0 Å². The average molecular weight is 779 g/mol. The first kappa shape index (κ1) is 35.5. The van der Waals surface area contributed by atoms with Crippen LogP contribution < -0.4 is 4.90 Å². The van der Waals surface area contributed by atoms with Gasteiger partial charge in [-0.05, 0) is 95.1 Å². The Bertz CT molecular complexity index is 3330. The third-order valence-electron chi connectivity index (χ3n) is 11.6. The number of hydrogen-bond acceptors (Lipinski definition) is 3. The second kappa shape index (κ2) is 14.6. The molecule has 0 spiro atoms. The van der Waals surface area contributed by atoms with Gasteiger partial charge in [0.1, 0.15) is 11.6 Å². The molecule has 0 saturated heterocycles. The topological polar surface area (TPSA) is 54.1 Å². The highest BCUT2D eigenvalue weighted by Crippen LogP contribution is 2.42. The summed E-state index contributed by atoms with van der Waals surface area (Å²) in [5.41, 5.74) is 12.5. The molecule has 11 rings (SSSR count).